The molecule has 1 rings (SSSR count). The molecule has 0 spiro atoms. The van der Waals surface area contributed by atoms with Gasteiger partial charge in [-0.2, -0.15) is 11.8 Å². The summed E-state index contributed by atoms with van der Waals surface area (Å²) in [6.45, 7) is 7.95. The fourth-order valence-corrected chi connectivity index (χ4v) is 2.74. The quantitative estimate of drug-likeness (QED) is 0.358. The Morgan fingerprint density at radius 1 is 1.35 bits per heavy atom. The molecule has 102 valence electrons. The molecule has 0 aliphatic carbocycles. The van der Waals surface area contributed by atoms with Crippen molar-refractivity contribution >= 4 is 41.7 Å². The normalized spacial score (nSPS) is 25.4. The Kier molecular flexibility index (Phi) is 9.49. The highest BCUT2D eigenvalue weighted by atomic mass is 127. The van der Waals surface area contributed by atoms with Crippen LogP contribution in [-0.4, -0.2) is 49.6 Å². The fraction of sp³-hybridized carbons (Fsp3) is 0.917. The molecule has 0 aromatic heterocycles. The lowest BCUT2D eigenvalue weighted by atomic mass is 9.92. The first-order chi connectivity index (χ1) is 7.67. The van der Waals surface area contributed by atoms with Gasteiger partial charge in [-0.15, -0.1) is 24.0 Å². The molecule has 2 unspecified atom stereocenters. The van der Waals surface area contributed by atoms with Crippen molar-refractivity contribution < 1.29 is 0 Å². The van der Waals surface area contributed by atoms with E-state index in [2.05, 4.69) is 35.3 Å². The maximum Gasteiger partial charge on any atom is 0.193 e. The Morgan fingerprint density at radius 2 is 1.94 bits per heavy atom. The zero-order valence-corrected chi connectivity index (χ0v) is 14.5. The van der Waals surface area contributed by atoms with E-state index < -0.39 is 0 Å². The summed E-state index contributed by atoms with van der Waals surface area (Å²) in [6.07, 6.45) is 3.48. The topological polar surface area (TPSA) is 27.6 Å². The Hall–Kier alpha value is 0.350. The minimum absolute atomic E-state index is 0. The van der Waals surface area contributed by atoms with Crippen molar-refractivity contribution in [2.75, 3.05) is 38.7 Å². The molecule has 3 nitrogen and oxygen atoms in total. The number of hydrogen-bond acceptors (Lipinski definition) is 2. The predicted octanol–water partition coefficient (Wildman–Crippen LogP) is 2.52. The third-order valence-corrected chi connectivity index (χ3v) is 3.58. The van der Waals surface area contributed by atoms with E-state index in [4.69, 9.17) is 0 Å². The fourth-order valence-electron chi connectivity index (χ4n) is 2.43. The summed E-state index contributed by atoms with van der Waals surface area (Å²) in [6, 6.07) is 0. The predicted molar refractivity (Wildman–Crippen MR) is 89.7 cm³/mol. The van der Waals surface area contributed by atoms with Gasteiger partial charge in [-0.1, -0.05) is 13.8 Å². The van der Waals surface area contributed by atoms with Gasteiger partial charge in [-0.3, -0.25) is 4.99 Å². The molecule has 1 aliphatic rings. The Bertz CT molecular complexity index is 226. The van der Waals surface area contributed by atoms with E-state index in [0.29, 0.717) is 0 Å². The van der Waals surface area contributed by atoms with Crippen LogP contribution in [0.25, 0.3) is 0 Å². The van der Waals surface area contributed by atoms with Crippen LogP contribution < -0.4 is 5.32 Å². The first kappa shape index (κ1) is 17.4. The van der Waals surface area contributed by atoms with Crippen LogP contribution in [0.3, 0.4) is 0 Å². The molecule has 0 radical (unpaired) electrons. The lowest BCUT2D eigenvalue weighted by Gasteiger charge is -2.37. The molecule has 1 aliphatic heterocycles. The highest BCUT2D eigenvalue weighted by Crippen LogP contribution is 2.20. The molecule has 0 aromatic carbocycles. The van der Waals surface area contributed by atoms with Crippen molar-refractivity contribution in [3.05, 3.63) is 0 Å². The van der Waals surface area contributed by atoms with Crippen LogP contribution in [0.4, 0.5) is 0 Å². The lowest BCUT2D eigenvalue weighted by molar-refractivity contribution is 0.209. The number of hydrogen-bond donors (Lipinski definition) is 1. The van der Waals surface area contributed by atoms with Gasteiger partial charge in [-0.25, -0.2) is 0 Å². The number of rotatable bonds is 3. The van der Waals surface area contributed by atoms with Gasteiger partial charge in [0.2, 0.25) is 0 Å². The number of thioether (sulfide) groups is 1. The van der Waals surface area contributed by atoms with Gasteiger partial charge < -0.3 is 10.2 Å². The van der Waals surface area contributed by atoms with Gasteiger partial charge >= 0.3 is 0 Å². The molecule has 0 saturated carbocycles. The Balaban J connectivity index is 0.00000256. The van der Waals surface area contributed by atoms with Crippen LogP contribution in [0.5, 0.6) is 0 Å². The van der Waals surface area contributed by atoms with Gasteiger partial charge in [0.25, 0.3) is 0 Å². The molecule has 1 saturated heterocycles. The number of guanidine groups is 1. The van der Waals surface area contributed by atoms with Crippen LogP contribution in [0.15, 0.2) is 4.99 Å². The van der Waals surface area contributed by atoms with Gasteiger partial charge in [0.05, 0.1) is 0 Å². The van der Waals surface area contributed by atoms with Crippen LogP contribution in [-0.2, 0) is 0 Å². The second-order valence-electron chi connectivity index (χ2n) is 4.82. The zero-order chi connectivity index (χ0) is 12.0. The summed E-state index contributed by atoms with van der Waals surface area (Å²) in [4.78, 5) is 6.78. The summed E-state index contributed by atoms with van der Waals surface area (Å²) in [5.41, 5.74) is 0. The first-order valence-corrected chi connectivity index (χ1v) is 7.51. The molecule has 0 bridgehead atoms. The molecular weight excluding hydrogens is 345 g/mol. The van der Waals surface area contributed by atoms with E-state index in [1.165, 1.54) is 6.42 Å². The van der Waals surface area contributed by atoms with Crippen molar-refractivity contribution in [1.29, 1.82) is 0 Å². The average molecular weight is 371 g/mol. The summed E-state index contributed by atoms with van der Waals surface area (Å²) in [7, 11) is 1.88. The van der Waals surface area contributed by atoms with E-state index >= 15 is 0 Å². The third kappa shape index (κ3) is 6.18. The average Bonchev–Trinajstić information content (AvgIpc) is 2.23. The van der Waals surface area contributed by atoms with Gasteiger partial charge in [0.15, 0.2) is 5.96 Å². The first-order valence-electron chi connectivity index (χ1n) is 6.12. The zero-order valence-electron chi connectivity index (χ0n) is 11.4. The van der Waals surface area contributed by atoms with Crippen LogP contribution in [0, 0.1) is 11.8 Å². The second-order valence-corrected chi connectivity index (χ2v) is 5.80. The molecule has 2 atom stereocenters. The van der Waals surface area contributed by atoms with E-state index in [0.717, 1.165) is 43.2 Å². The molecular formula is C12H26IN3S. The third-order valence-electron chi connectivity index (χ3n) is 2.97. The van der Waals surface area contributed by atoms with Gasteiger partial charge in [-0.05, 0) is 24.5 Å². The molecule has 5 heteroatoms. The smallest absolute Gasteiger partial charge is 0.193 e. The summed E-state index contributed by atoms with van der Waals surface area (Å²) in [5.74, 6) is 3.77. The Morgan fingerprint density at radius 3 is 2.41 bits per heavy atom. The van der Waals surface area contributed by atoms with Crippen molar-refractivity contribution in [2.24, 2.45) is 16.8 Å². The summed E-state index contributed by atoms with van der Waals surface area (Å²) < 4.78 is 0. The van der Waals surface area contributed by atoms with Gasteiger partial charge in [0, 0.05) is 32.4 Å². The van der Waals surface area contributed by atoms with Crippen molar-refractivity contribution in [1.82, 2.24) is 10.2 Å². The highest BCUT2D eigenvalue weighted by Gasteiger charge is 2.23. The Labute approximate surface area is 127 Å². The van der Waals surface area contributed by atoms with Crippen LogP contribution in [0.2, 0.25) is 0 Å². The van der Waals surface area contributed by atoms with Gasteiger partial charge in [0.1, 0.15) is 0 Å². The lowest BCUT2D eigenvalue weighted by Crippen LogP contribution is -2.48. The monoisotopic (exact) mass is 371 g/mol. The van der Waals surface area contributed by atoms with Crippen LogP contribution >= 0.6 is 35.7 Å². The number of nitrogens with one attached hydrogen (secondary N) is 1. The second kappa shape index (κ2) is 9.30. The standard InChI is InChI=1S/C12H25N3S.HI/c1-10-7-11(2)9-15(8-10)12(13-3)14-5-6-16-4;/h10-11H,5-9H2,1-4H3,(H,13,14);1H. The SMILES string of the molecule is CN=C(NCCSC)N1CC(C)CC(C)C1.I. The molecule has 1 N–H and O–H groups in total. The van der Waals surface area contributed by atoms with Crippen molar-refractivity contribution in [3.8, 4) is 0 Å². The minimum Gasteiger partial charge on any atom is -0.355 e. The molecule has 1 heterocycles. The van der Waals surface area contributed by atoms with Crippen LogP contribution in [0.1, 0.15) is 20.3 Å². The maximum atomic E-state index is 4.37. The number of halogens is 1. The highest BCUT2D eigenvalue weighted by molar-refractivity contribution is 14.0. The van der Waals surface area contributed by atoms with Crippen molar-refractivity contribution in [2.45, 2.75) is 20.3 Å². The molecule has 0 amide bonds. The molecule has 1 fully saturated rings. The maximum absolute atomic E-state index is 4.37. The number of aliphatic imine (C=N–C) groups is 1. The minimum atomic E-state index is 0. The number of piperidine rings is 1. The van der Waals surface area contributed by atoms with E-state index in [-0.39, 0.29) is 24.0 Å². The number of nitrogens with zero attached hydrogens (tertiary/aromatic N) is 2. The number of likely N-dealkylation sites (tertiary alicyclic amines) is 1. The van der Waals surface area contributed by atoms with E-state index in [1.54, 1.807) is 0 Å². The largest absolute Gasteiger partial charge is 0.355 e. The van der Waals surface area contributed by atoms with E-state index in [9.17, 15) is 0 Å². The van der Waals surface area contributed by atoms with Crippen molar-refractivity contribution in [3.63, 3.8) is 0 Å². The summed E-state index contributed by atoms with van der Waals surface area (Å²) in [5, 5.41) is 3.44. The summed E-state index contributed by atoms with van der Waals surface area (Å²) >= 11 is 1.87. The molecule has 0 aromatic rings. The molecule has 17 heavy (non-hydrogen) atoms. The van der Waals surface area contributed by atoms with E-state index in [1.807, 2.05) is 18.8 Å².